The third-order valence-corrected chi connectivity index (χ3v) is 3.14. The van der Waals surface area contributed by atoms with Crippen molar-refractivity contribution in [3.05, 3.63) is 11.8 Å². The molecule has 0 spiro atoms. The van der Waals surface area contributed by atoms with Crippen molar-refractivity contribution >= 4 is 20.6 Å². The fourth-order valence-electron chi connectivity index (χ4n) is 1.41. The molecular formula is C6H12N2O6S2. The highest BCUT2D eigenvalue weighted by Crippen LogP contribution is 2.17. The van der Waals surface area contributed by atoms with E-state index in [0.29, 0.717) is 12.1 Å². The van der Waals surface area contributed by atoms with Gasteiger partial charge in [0.25, 0.3) is 0 Å². The normalized spacial score (nSPS) is 22.6. The van der Waals surface area contributed by atoms with E-state index in [0.717, 1.165) is 0 Å². The molecule has 1 aliphatic rings. The van der Waals surface area contributed by atoms with E-state index in [1.807, 2.05) is 9.44 Å². The Morgan fingerprint density at radius 3 is 2.19 bits per heavy atom. The molecule has 0 radical (unpaired) electrons. The van der Waals surface area contributed by atoms with Gasteiger partial charge in [0, 0.05) is 11.7 Å². The van der Waals surface area contributed by atoms with E-state index in [-0.39, 0.29) is 12.8 Å². The van der Waals surface area contributed by atoms with Crippen LogP contribution in [0.4, 0.5) is 0 Å². The third-order valence-electron chi connectivity index (χ3n) is 1.99. The molecule has 0 aliphatic heterocycles. The first-order valence-corrected chi connectivity index (χ1v) is 7.23. The topological polar surface area (TPSA) is 133 Å². The van der Waals surface area contributed by atoms with E-state index in [2.05, 4.69) is 0 Å². The summed E-state index contributed by atoms with van der Waals surface area (Å²) in [7, 11) is -8.53. The van der Waals surface area contributed by atoms with Crippen molar-refractivity contribution < 1.29 is 25.9 Å². The van der Waals surface area contributed by atoms with Gasteiger partial charge >= 0.3 is 20.6 Å². The van der Waals surface area contributed by atoms with Gasteiger partial charge in [-0.3, -0.25) is 13.8 Å². The standard InChI is InChI=1S/C6H12N2O6S2/c9-15(10,11)7-5-1-2-6(4-3-5)8-16(12,13)14/h1,6-8H,2-4H2,(H,9,10,11)(H,12,13,14). The molecule has 0 saturated carbocycles. The Morgan fingerprint density at radius 2 is 1.81 bits per heavy atom. The predicted octanol–water partition coefficient (Wildman–Crippen LogP) is -0.792. The molecule has 0 aromatic rings. The zero-order valence-electron chi connectivity index (χ0n) is 8.12. The molecule has 0 bridgehead atoms. The number of hydrogen-bond acceptors (Lipinski definition) is 4. The molecule has 0 aromatic carbocycles. The number of allylic oxidation sites excluding steroid dienone is 1. The van der Waals surface area contributed by atoms with Crippen LogP contribution in [0.2, 0.25) is 0 Å². The second-order valence-corrected chi connectivity index (χ2v) is 5.71. The molecule has 0 fully saturated rings. The molecular weight excluding hydrogens is 260 g/mol. The Hall–Kier alpha value is -0.680. The summed E-state index contributed by atoms with van der Waals surface area (Å²) in [4.78, 5) is 0. The zero-order valence-corrected chi connectivity index (χ0v) is 9.75. The van der Waals surface area contributed by atoms with E-state index in [1.54, 1.807) is 0 Å². The van der Waals surface area contributed by atoms with Crippen LogP contribution >= 0.6 is 0 Å². The maximum absolute atomic E-state index is 10.5. The molecule has 1 rings (SSSR count). The molecule has 0 amide bonds. The lowest BCUT2D eigenvalue weighted by atomic mass is 10.0. The first-order valence-electron chi connectivity index (χ1n) is 4.35. The number of rotatable bonds is 4. The minimum Gasteiger partial charge on any atom is -0.273 e. The second kappa shape index (κ2) is 4.67. The molecule has 4 N–H and O–H groups in total. The van der Waals surface area contributed by atoms with Gasteiger partial charge in [-0.25, -0.2) is 0 Å². The van der Waals surface area contributed by atoms with Crippen LogP contribution < -0.4 is 9.44 Å². The molecule has 8 nitrogen and oxygen atoms in total. The molecule has 16 heavy (non-hydrogen) atoms. The average molecular weight is 272 g/mol. The fraction of sp³-hybridized carbons (Fsp3) is 0.667. The monoisotopic (exact) mass is 272 g/mol. The van der Waals surface area contributed by atoms with Gasteiger partial charge in [-0.05, 0) is 19.3 Å². The van der Waals surface area contributed by atoms with E-state index in [9.17, 15) is 16.8 Å². The van der Waals surface area contributed by atoms with E-state index >= 15 is 0 Å². The van der Waals surface area contributed by atoms with E-state index in [4.69, 9.17) is 9.11 Å². The van der Waals surface area contributed by atoms with Gasteiger partial charge in [0.1, 0.15) is 0 Å². The maximum atomic E-state index is 10.5. The molecule has 1 aliphatic carbocycles. The Morgan fingerprint density at radius 1 is 1.19 bits per heavy atom. The summed E-state index contributed by atoms with van der Waals surface area (Å²) in [6.45, 7) is 0. The largest absolute Gasteiger partial charge is 0.357 e. The predicted molar refractivity (Wildman–Crippen MR) is 55.1 cm³/mol. The van der Waals surface area contributed by atoms with E-state index in [1.165, 1.54) is 6.08 Å². The first-order chi connectivity index (χ1) is 7.16. The zero-order chi connectivity index (χ0) is 12.4. The quantitative estimate of drug-likeness (QED) is 0.496. The smallest absolute Gasteiger partial charge is 0.273 e. The van der Waals surface area contributed by atoms with Crippen molar-refractivity contribution in [2.75, 3.05) is 0 Å². The van der Waals surface area contributed by atoms with Crippen molar-refractivity contribution in [2.24, 2.45) is 0 Å². The van der Waals surface area contributed by atoms with Crippen molar-refractivity contribution in [3.8, 4) is 0 Å². The number of nitrogens with one attached hydrogen (secondary N) is 2. The van der Waals surface area contributed by atoms with Gasteiger partial charge in [-0.1, -0.05) is 6.08 Å². The minimum atomic E-state index is -4.28. The summed E-state index contributed by atoms with van der Waals surface area (Å²) in [6.07, 6.45) is 2.26. The summed E-state index contributed by atoms with van der Waals surface area (Å²) in [5.41, 5.74) is 0.302. The van der Waals surface area contributed by atoms with Crippen molar-refractivity contribution in [3.63, 3.8) is 0 Å². The second-order valence-electron chi connectivity index (χ2n) is 3.37. The Labute approximate surface area is 93.5 Å². The van der Waals surface area contributed by atoms with Crippen LogP contribution in [0.5, 0.6) is 0 Å². The van der Waals surface area contributed by atoms with Gasteiger partial charge in [-0.2, -0.15) is 21.6 Å². The molecule has 1 unspecified atom stereocenters. The lowest BCUT2D eigenvalue weighted by Gasteiger charge is -2.21. The lowest BCUT2D eigenvalue weighted by Crippen LogP contribution is -2.36. The third kappa shape index (κ3) is 5.42. The highest BCUT2D eigenvalue weighted by atomic mass is 32.2. The summed E-state index contributed by atoms with van der Waals surface area (Å²) in [5.74, 6) is 0. The Kier molecular flexibility index (Phi) is 3.91. The SMILES string of the molecule is O=S(=O)(O)NC1=CCC(NS(=O)(=O)O)CC1. The summed E-state index contributed by atoms with van der Waals surface area (Å²) < 4.78 is 62.8. The van der Waals surface area contributed by atoms with Crippen molar-refractivity contribution in [2.45, 2.75) is 25.3 Å². The van der Waals surface area contributed by atoms with Crippen LogP contribution in [0.15, 0.2) is 11.8 Å². The first kappa shape index (κ1) is 13.4. The lowest BCUT2D eigenvalue weighted by molar-refractivity contribution is 0.435. The summed E-state index contributed by atoms with van der Waals surface area (Å²) >= 11 is 0. The molecule has 0 heterocycles. The summed E-state index contributed by atoms with van der Waals surface area (Å²) in [6, 6.07) is -0.470. The van der Waals surface area contributed by atoms with Crippen LogP contribution in [0, 0.1) is 0 Å². The Balaban J connectivity index is 2.55. The fourth-order valence-corrected chi connectivity index (χ4v) is 2.56. The number of hydrogen-bond donors (Lipinski definition) is 4. The molecule has 94 valence electrons. The van der Waals surface area contributed by atoms with Crippen LogP contribution in [-0.4, -0.2) is 32.0 Å². The molecule has 10 heteroatoms. The van der Waals surface area contributed by atoms with Gasteiger partial charge in [-0.15, -0.1) is 0 Å². The highest BCUT2D eigenvalue weighted by molar-refractivity contribution is 7.84. The van der Waals surface area contributed by atoms with Crippen LogP contribution in [0.25, 0.3) is 0 Å². The Bertz CT molecular complexity index is 479. The van der Waals surface area contributed by atoms with Gasteiger partial charge in [0.05, 0.1) is 0 Å². The minimum absolute atomic E-state index is 0.234. The average Bonchev–Trinajstić information content (AvgIpc) is 2.03. The summed E-state index contributed by atoms with van der Waals surface area (Å²) in [5, 5.41) is 0. The van der Waals surface area contributed by atoms with Gasteiger partial charge < -0.3 is 0 Å². The molecule has 1 atom stereocenters. The van der Waals surface area contributed by atoms with Crippen LogP contribution in [-0.2, 0) is 20.6 Å². The molecule has 0 saturated heterocycles. The van der Waals surface area contributed by atoms with Crippen LogP contribution in [0.3, 0.4) is 0 Å². The van der Waals surface area contributed by atoms with E-state index < -0.39 is 26.7 Å². The maximum Gasteiger partial charge on any atom is 0.357 e. The van der Waals surface area contributed by atoms with Gasteiger partial charge in [0.15, 0.2) is 0 Å². The van der Waals surface area contributed by atoms with Crippen molar-refractivity contribution in [1.29, 1.82) is 0 Å². The van der Waals surface area contributed by atoms with Crippen molar-refractivity contribution in [1.82, 2.24) is 9.44 Å². The van der Waals surface area contributed by atoms with Crippen LogP contribution in [0.1, 0.15) is 19.3 Å². The van der Waals surface area contributed by atoms with Gasteiger partial charge in [0.2, 0.25) is 0 Å². The highest BCUT2D eigenvalue weighted by Gasteiger charge is 2.20. The molecule has 0 aromatic heterocycles.